The molecule has 4 heteroatoms. The Morgan fingerprint density at radius 1 is 1.05 bits per heavy atom. The van der Waals surface area contributed by atoms with Crippen molar-refractivity contribution in [2.45, 2.75) is 56.7 Å². The number of halogens is 2. The minimum absolute atomic E-state index is 0.147. The molecule has 106 valence electrons. The fourth-order valence-corrected chi connectivity index (χ4v) is 2.75. The maximum absolute atomic E-state index is 13.1. The number of rotatable bonds is 3. The van der Waals surface area contributed by atoms with Crippen molar-refractivity contribution in [2.24, 2.45) is 0 Å². The molecule has 1 atom stereocenters. The number of benzene rings is 1. The molecule has 2 rings (SSSR count). The number of hydrogen-bond acceptors (Lipinski definition) is 2. The molecule has 19 heavy (non-hydrogen) atoms. The van der Waals surface area contributed by atoms with Crippen LogP contribution in [-0.4, -0.2) is 21.9 Å². The molecule has 2 nitrogen and oxygen atoms in total. The molecule has 0 bridgehead atoms. The van der Waals surface area contributed by atoms with Gasteiger partial charge in [-0.25, -0.2) is 8.78 Å². The molecule has 0 saturated heterocycles. The Kier molecular flexibility index (Phi) is 4.53. The van der Waals surface area contributed by atoms with Crippen molar-refractivity contribution in [2.75, 3.05) is 0 Å². The third kappa shape index (κ3) is 3.51. The average Bonchev–Trinajstić information content (AvgIpc) is 2.60. The standard InChI is InChI=1S/C15H20F2O2/c16-12-6-5-11(9-13(12)17)10-14(18)15(19)7-3-1-2-4-8-15/h5-6,9,14,18-19H,1-4,7-8,10H2. The van der Waals surface area contributed by atoms with E-state index in [1.54, 1.807) is 0 Å². The average molecular weight is 270 g/mol. The number of aliphatic hydroxyl groups is 2. The first-order valence-corrected chi connectivity index (χ1v) is 6.86. The van der Waals surface area contributed by atoms with Gasteiger partial charge in [-0.15, -0.1) is 0 Å². The van der Waals surface area contributed by atoms with E-state index in [4.69, 9.17) is 0 Å². The molecular weight excluding hydrogens is 250 g/mol. The lowest BCUT2D eigenvalue weighted by Gasteiger charge is -2.32. The molecule has 0 amide bonds. The van der Waals surface area contributed by atoms with Crippen LogP contribution in [0.1, 0.15) is 44.1 Å². The van der Waals surface area contributed by atoms with Gasteiger partial charge in [-0.2, -0.15) is 0 Å². The Bertz CT molecular complexity index is 426. The maximum atomic E-state index is 13.1. The van der Waals surface area contributed by atoms with Gasteiger partial charge in [0.2, 0.25) is 0 Å². The van der Waals surface area contributed by atoms with Crippen LogP contribution in [0.4, 0.5) is 8.78 Å². The highest BCUT2D eigenvalue weighted by Gasteiger charge is 2.35. The zero-order valence-electron chi connectivity index (χ0n) is 10.9. The molecule has 1 aromatic rings. The summed E-state index contributed by atoms with van der Waals surface area (Å²) in [5, 5.41) is 20.7. The molecule has 1 saturated carbocycles. The summed E-state index contributed by atoms with van der Waals surface area (Å²) in [4.78, 5) is 0. The van der Waals surface area contributed by atoms with E-state index in [-0.39, 0.29) is 6.42 Å². The van der Waals surface area contributed by atoms with E-state index in [0.29, 0.717) is 18.4 Å². The lowest BCUT2D eigenvalue weighted by atomic mass is 9.85. The van der Waals surface area contributed by atoms with Crippen molar-refractivity contribution < 1.29 is 19.0 Å². The molecule has 0 radical (unpaired) electrons. The normalized spacial score (nSPS) is 20.8. The second kappa shape index (κ2) is 5.97. The van der Waals surface area contributed by atoms with Crippen LogP contribution < -0.4 is 0 Å². The van der Waals surface area contributed by atoms with E-state index in [1.807, 2.05) is 0 Å². The van der Waals surface area contributed by atoms with Gasteiger partial charge in [0.05, 0.1) is 11.7 Å². The van der Waals surface area contributed by atoms with E-state index < -0.39 is 23.3 Å². The van der Waals surface area contributed by atoms with Crippen LogP contribution >= 0.6 is 0 Å². The van der Waals surface area contributed by atoms with Gasteiger partial charge in [-0.1, -0.05) is 31.7 Å². The van der Waals surface area contributed by atoms with Crippen LogP contribution in [0.15, 0.2) is 18.2 Å². The zero-order valence-corrected chi connectivity index (χ0v) is 10.9. The predicted molar refractivity (Wildman–Crippen MR) is 68.7 cm³/mol. The number of hydrogen-bond donors (Lipinski definition) is 2. The van der Waals surface area contributed by atoms with Crippen LogP contribution in [0, 0.1) is 11.6 Å². The van der Waals surface area contributed by atoms with Crippen molar-refractivity contribution in [3.05, 3.63) is 35.4 Å². The molecule has 2 N–H and O–H groups in total. The molecule has 0 aromatic heterocycles. The van der Waals surface area contributed by atoms with Gasteiger partial charge in [0.1, 0.15) is 0 Å². The zero-order chi connectivity index (χ0) is 13.9. The smallest absolute Gasteiger partial charge is 0.159 e. The van der Waals surface area contributed by atoms with Crippen LogP contribution in [0.25, 0.3) is 0 Å². The van der Waals surface area contributed by atoms with E-state index in [0.717, 1.165) is 37.8 Å². The van der Waals surface area contributed by atoms with Crippen molar-refractivity contribution in [1.82, 2.24) is 0 Å². The van der Waals surface area contributed by atoms with Crippen molar-refractivity contribution in [3.63, 3.8) is 0 Å². The summed E-state index contributed by atoms with van der Waals surface area (Å²) in [5.74, 6) is -1.82. The third-order valence-electron chi connectivity index (χ3n) is 4.00. The highest BCUT2D eigenvalue weighted by Crippen LogP contribution is 2.31. The Labute approximate surface area is 112 Å². The molecule has 1 aliphatic rings. The predicted octanol–water partition coefficient (Wildman–Crippen LogP) is 2.95. The molecule has 1 unspecified atom stereocenters. The fourth-order valence-electron chi connectivity index (χ4n) is 2.75. The molecular formula is C15H20F2O2. The summed E-state index contributed by atoms with van der Waals surface area (Å²) in [6.45, 7) is 0. The lowest BCUT2D eigenvalue weighted by molar-refractivity contribution is -0.0836. The lowest BCUT2D eigenvalue weighted by Crippen LogP contribution is -2.43. The summed E-state index contributed by atoms with van der Waals surface area (Å²) >= 11 is 0. The van der Waals surface area contributed by atoms with Gasteiger partial charge in [0, 0.05) is 6.42 Å². The first kappa shape index (κ1) is 14.4. The van der Waals surface area contributed by atoms with Crippen molar-refractivity contribution in [1.29, 1.82) is 0 Å². The van der Waals surface area contributed by atoms with Gasteiger partial charge < -0.3 is 10.2 Å². The molecule has 0 spiro atoms. The SMILES string of the molecule is OC(Cc1ccc(F)c(F)c1)C1(O)CCCCCC1. The van der Waals surface area contributed by atoms with Crippen molar-refractivity contribution >= 4 is 0 Å². The Morgan fingerprint density at radius 2 is 1.68 bits per heavy atom. The third-order valence-corrected chi connectivity index (χ3v) is 4.00. The first-order chi connectivity index (χ1) is 9.01. The van der Waals surface area contributed by atoms with Crippen LogP contribution in [0.5, 0.6) is 0 Å². The van der Waals surface area contributed by atoms with Gasteiger partial charge >= 0.3 is 0 Å². The van der Waals surface area contributed by atoms with Gasteiger partial charge in [-0.3, -0.25) is 0 Å². The molecule has 1 aliphatic carbocycles. The topological polar surface area (TPSA) is 40.5 Å². The molecule has 0 aliphatic heterocycles. The molecule has 0 heterocycles. The Morgan fingerprint density at radius 3 is 2.26 bits per heavy atom. The molecule has 1 fully saturated rings. The fraction of sp³-hybridized carbons (Fsp3) is 0.600. The monoisotopic (exact) mass is 270 g/mol. The summed E-state index contributed by atoms with van der Waals surface area (Å²) < 4.78 is 25.9. The Hall–Kier alpha value is -1.00. The van der Waals surface area contributed by atoms with Crippen LogP contribution in [0.2, 0.25) is 0 Å². The second-order valence-corrected chi connectivity index (χ2v) is 5.49. The summed E-state index contributed by atoms with van der Waals surface area (Å²) in [5.41, 5.74) is -0.592. The largest absolute Gasteiger partial charge is 0.390 e. The second-order valence-electron chi connectivity index (χ2n) is 5.49. The quantitative estimate of drug-likeness (QED) is 0.829. The highest BCUT2D eigenvalue weighted by atomic mass is 19.2. The minimum Gasteiger partial charge on any atom is -0.390 e. The van der Waals surface area contributed by atoms with Gasteiger partial charge in [0.15, 0.2) is 11.6 Å². The van der Waals surface area contributed by atoms with Gasteiger partial charge in [-0.05, 0) is 30.5 Å². The van der Waals surface area contributed by atoms with Gasteiger partial charge in [0.25, 0.3) is 0 Å². The van der Waals surface area contributed by atoms with Crippen LogP contribution in [0.3, 0.4) is 0 Å². The summed E-state index contributed by atoms with van der Waals surface area (Å²) in [7, 11) is 0. The van der Waals surface area contributed by atoms with E-state index >= 15 is 0 Å². The Balaban J connectivity index is 2.06. The summed E-state index contributed by atoms with van der Waals surface area (Å²) in [6.07, 6.45) is 4.27. The highest BCUT2D eigenvalue weighted by molar-refractivity contribution is 5.19. The van der Waals surface area contributed by atoms with E-state index in [9.17, 15) is 19.0 Å². The maximum Gasteiger partial charge on any atom is 0.159 e. The minimum atomic E-state index is -1.10. The number of aliphatic hydroxyl groups excluding tert-OH is 1. The summed E-state index contributed by atoms with van der Waals surface area (Å²) in [6, 6.07) is 3.58. The van der Waals surface area contributed by atoms with Crippen molar-refractivity contribution in [3.8, 4) is 0 Å². The van der Waals surface area contributed by atoms with Crippen LogP contribution in [-0.2, 0) is 6.42 Å². The first-order valence-electron chi connectivity index (χ1n) is 6.86. The molecule has 1 aromatic carbocycles. The van der Waals surface area contributed by atoms with E-state index in [1.165, 1.54) is 6.07 Å². The van der Waals surface area contributed by atoms with E-state index in [2.05, 4.69) is 0 Å².